The molecule has 0 saturated heterocycles. The van der Waals surface area contributed by atoms with Crippen molar-refractivity contribution in [2.75, 3.05) is 6.54 Å². The van der Waals surface area contributed by atoms with Gasteiger partial charge in [0.2, 0.25) is 0 Å². The molecule has 0 spiro atoms. The predicted octanol–water partition coefficient (Wildman–Crippen LogP) is 1.91. The third-order valence-electron chi connectivity index (χ3n) is 3.07. The Kier molecular flexibility index (Phi) is 4.29. The Labute approximate surface area is 121 Å². The Morgan fingerprint density at radius 3 is 2.80 bits per heavy atom. The molecule has 0 aliphatic heterocycles. The molecule has 0 radical (unpaired) electrons. The molecule has 2 rings (SSSR count). The van der Waals surface area contributed by atoms with Gasteiger partial charge in [0.05, 0.1) is 5.69 Å². The molecule has 6 heteroatoms. The van der Waals surface area contributed by atoms with Gasteiger partial charge in [-0.15, -0.1) is 0 Å². The van der Waals surface area contributed by atoms with Crippen LogP contribution < -0.4 is 10.9 Å². The summed E-state index contributed by atoms with van der Waals surface area (Å²) < 4.78 is 6.12. The number of carbonyl (C=O) groups is 1. The number of amides is 1. The van der Waals surface area contributed by atoms with E-state index in [9.17, 15) is 9.59 Å². The number of nitrogens with one attached hydrogen (secondary N) is 1. The minimum atomic E-state index is -0.620. The first-order valence-corrected chi connectivity index (χ1v) is 6.56. The zero-order valence-electron chi connectivity index (χ0n) is 11.3. The standard InChI is InChI=1S/C14H15ClN2O3/c1-9-12(14(19)20-17(9)2)13(18)16-7-6-10-4-3-5-11(15)8-10/h3-5,8H,6-7H2,1-2H3,(H,16,18). The van der Waals surface area contributed by atoms with Gasteiger partial charge in [-0.3, -0.25) is 4.79 Å². The number of aromatic nitrogens is 1. The number of aryl methyl sites for hydroxylation is 1. The molecule has 1 aromatic heterocycles. The third-order valence-corrected chi connectivity index (χ3v) is 3.31. The van der Waals surface area contributed by atoms with Crippen molar-refractivity contribution in [3.63, 3.8) is 0 Å². The fourth-order valence-electron chi connectivity index (χ4n) is 1.90. The number of benzene rings is 1. The van der Waals surface area contributed by atoms with E-state index in [0.717, 1.165) is 5.56 Å². The van der Waals surface area contributed by atoms with Crippen LogP contribution in [-0.2, 0) is 13.5 Å². The number of halogens is 1. The summed E-state index contributed by atoms with van der Waals surface area (Å²) >= 11 is 5.88. The van der Waals surface area contributed by atoms with Crippen LogP contribution >= 0.6 is 11.6 Å². The highest BCUT2D eigenvalue weighted by molar-refractivity contribution is 6.30. The fourth-order valence-corrected chi connectivity index (χ4v) is 2.11. The van der Waals surface area contributed by atoms with Gasteiger partial charge in [0.15, 0.2) is 0 Å². The van der Waals surface area contributed by atoms with Crippen LogP contribution in [0, 0.1) is 6.92 Å². The maximum atomic E-state index is 11.9. The average molecular weight is 295 g/mol. The lowest BCUT2D eigenvalue weighted by Gasteiger charge is -2.04. The molecule has 1 heterocycles. The maximum Gasteiger partial charge on any atom is 0.370 e. The molecule has 0 atom stereocenters. The lowest BCUT2D eigenvalue weighted by Crippen LogP contribution is -2.29. The molecular weight excluding hydrogens is 280 g/mol. The summed E-state index contributed by atoms with van der Waals surface area (Å²) in [7, 11) is 1.58. The lowest BCUT2D eigenvalue weighted by atomic mass is 10.1. The number of rotatable bonds is 4. The molecule has 0 aliphatic carbocycles. The number of nitrogens with zero attached hydrogens (tertiary/aromatic N) is 1. The van der Waals surface area contributed by atoms with Crippen LogP contribution in [0.4, 0.5) is 0 Å². The summed E-state index contributed by atoms with van der Waals surface area (Å²) in [4.78, 5) is 23.5. The van der Waals surface area contributed by atoms with E-state index in [4.69, 9.17) is 16.1 Å². The van der Waals surface area contributed by atoms with Gasteiger partial charge in [0.1, 0.15) is 5.56 Å². The van der Waals surface area contributed by atoms with Crippen molar-refractivity contribution in [1.82, 2.24) is 10.1 Å². The fraction of sp³-hybridized carbons (Fsp3) is 0.286. The maximum absolute atomic E-state index is 11.9. The van der Waals surface area contributed by atoms with Crippen molar-refractivity contribution in [2.24, 2.45) is 7.05 Å². The van der Waals surface area contributed by atoms with Crippen molar-refractivity contribution >= 4 is 17.5 Å². The molecule has 0 fully saturated rings. The largest absolute Gasteiger partial charge is 0.370 e. The van der Waals surface area contributed by atoms with Gasteiger partial charge in [0, 0.05) is 18.6 Å². The molecule has 0 saturated carbocycles. The van der Waals surface area contributed by atoms with Crippen LogP contribution in [0.15, 0.2) is 33.6 Å². The van der Waals surface area contributed by atoms with Crippen LogP contribution in [0.1, 0.15) is 21.6 Å². The molecule has 20 heavy (non-hydrogen) atoms. The minimum absolute atomic E-state index is 0.0543. The molecule has 0 aliphatic rings. The first-order chi connectivity index (χ1) is 9.49. The van der Waals surface area contributed by atoms with E-state index in [1.807, 2.05) is 18.2 Å². The lowest BCUT2D eigenvalue weighted by molar-refractivity contribution is 0.0951. The molecule has 1 N–H and O–H groups in total. The molecule has 0 bridgehead atoms. The first kappa shape index (κ1) is 14.4. The van der Waals surface area contributed by atoms with E-state index in [-0.39, 0.29) is 5.56 Å². The zero-order valence-corrected chi connectivity index (χ0v) is 12.0. The van der Waals surface area contributed by atoms with Gasteiger partial charge in [-0.2, -0.15) is 0 Å². The molecule has 1 amide bonds. The summed E-state index contributed by atoms with van der Waals surface area (Å²) in [5, 5.41) is 3.37. The van der Waals surface area contributed by atoms with Crippen LogP contribution in [0.25, 0.3) is 0 Å². The number of hydrogen-bond acceptors (Lipinski definition) is 3. The SMILES string of the molecule is Cc1c(C(=O)NCCc2cccc(Cl)c2)c(=O)on1C. The van der Waals surface area contributed by atoms with E-state index < -0.39 is 11.5 Å². The van der Waals surface area contributed by atoms with Gasteiger partial charge in [-0.1, -0.05) is 23.7 Å². The summed E-state index contributed by atoms with van der Waals surface area (Å²) in [6.45, 7) is 2.09. The Balaban J connectivity index is 1.98. The monoisotopic (exact) mass is 294 g/mol. The van der Waals surface area contributed by atoms with Gasteiger partial charge < -0.3 is 9.84 Å². The second-order valence-electron chi connectivity index (χ2n) is 4.47. The molecule has 0 unspecified atom stereocenters. The minimum Gasteiger partial charge on any atom is -0.351 e. The smallest absolute Gasteiger partial charge is 0.351 e. The Morgan fingerprint density at radius 2 is 2.20 bits per heavy atom. The molecule has 106 valence electrons. The first-order valence-electron chi connectivity index (χ1n) is 6.18. The predicted molar refractivity (Wildman–Crippen MR) is 76.2 cm³/mol. The summed E-state index contributed by atoms with van der Waals surface area (Å²) in [5.74, 6) is -0.418. The van der Waals surface area contributed by atoms with E-state index in [0.29, 0.717) is 23.7 Å². The molecule has 5 nitrogen and oxygen atoms in total. The quantitative estimate of drug-likeness (QED) is 0.937. The van der Waals surface area contributed by atoms with E-state index in [1.54, 1.807) is 20.0 Å². The highest BCUT2D eigenvalue weighted by atomic mass is 35.5. The average Bonchev–Trinajstić information content (AvgIpc) is 2.63. The number of hydrogen-bond donors (Lipinski definition) is 1. The van der Waals surface area contributed by atoms with Crippen molar-refractivity contribution in [2.45, 2.75) is 13.3 Å². The Bertz CT molecular complexity index is 688. The summed E-state index contributed by atoms with van der Waals surface area (Å²) in [6.07, 6.45) is 0.642. The van der Waals surface area contributed by atoms with Crippen LogP contribution in [0.5, 0.6) is 0 Å². The second kappa shape index (κ2) is 5.96. The summed E-state index contributed by atoms with van der Waals surface area (Å²) in [6, 6.07) is 7.42. The normalized spacial score (nSPS) is 10.6. The van der Waals surface area contributed by atoms with Gasteiger partial charge >= 0.3 is 5.63 Å². The van der Waals surface area contributed by atoms with E-state index in [2.05, 4.69) is 5.32 Å². The van der Waals surface area contributed by atoms with Gasteiger partial charge in [0.25, 0.3) is 5.91 Å². The molecule has 2 aromatic rings. The van der Waals surface area contributed by atoms with Crippen molar-refractivity contribution in [3.8, 4) is 0 Å². The molecule has 1 aromatic carbocycles. The van der Waals surface area contributed by atoms with Crippen LogP contribution in [-0.4, -0.2) is 17.2 Å². The second-order valence-corrected chi connectivity index (χ2v) is 4.91. The topological polar surface area (TPSA) is 64.2 Å². The van der Waals surface area contributed by atoms with Gasteiger partial charge in [-0.25, -0.2) is 9.53 Å². The zero-order chi connectivity index (χ0) is 14.7. The highest BCUT2D eigenvalue weighted by Gasteiger charge is 2.18. The Morgan fingerprint density at radius 1 is 1.45 bits per heavy atom. The van der Waals surface area contributed by atoms with Crippen molar-refractivity contribution < 1.29 is 9.32 Å². The van der Waals surface area contributed by atoms with E-state index >= 15 is 0 Å². The number of carbonyl (C=O) groups excluding carboxylic acids is 1. The highest BCUT2D eigenvalue weighted by Crippen LogP contribution is 2.10. The van der Waals surface area contributed by atoms with Gasteiger partial charge in [-0.05, 0) is 31.0 Å². The molecular formula is C14H15ClN2O3. The summed E-state index contributed by atoms with van der Waals surface area (Å²) in [5.41, 5.74) is 0.966. The van der Waals surface area contributed by atoms with Crippen molar-refractivity contribution in [1.29, 1.82) is 0 Å². The third kappa shape index (κ3) is 3.11. The Hall–Kier alpha value is -2.01. The van der Waals surface area contributed by atoms with Crippen molar-refractivity contribution in [3.05, 3.63) is 56.5 Å². The van der Waals surface area contributed by atoms with Crippen LogP contribution in [0.2, 0.25) is 5.02 Å². The van der Waals surface area contributed by atoms with E-state index in [1.165, 1.54) is 4.74 Å². The van der Waals surface area contributed by atoms with Crippen LogP contribution in [0.3, 0.4) is 0 Å².